The third-order valence-corrected chi connectivity index (χ3v) is 4.77. The second kappa shape index (κ2) is 5.36. The lowest BCUT2D eigenvalue weighted by Gasteiger charge is -2.10. The molecule has 1 aliphatic rings. The lowest BCUT2D eigenvalue weighted by molar-refractivity contribution is -0.124. The summed E-state index contributed by atoms with van der Waals surface area (Å²) in [6.45, 7) is 9.44. The van der Waals surface area contributed by atoms with Crippen molar-refractivity contribution in [2.45, 2.75) is 40.0 Å². The highest BCUT2D eigenvalue weighted by Gasteiger charge is 2.57. The molecule has 1 saturated carbocycles. The zero-order chi connectivity index (χ0) is 14.0. The minimum Gasteiger partial charge on any atom is -0.356 e. The fourth-order valence-electron chi connectivity index (χ4n) is 3.02. The third kappa shape index (κ3) is 2.83. The van der Waals surface area contributed by atoms with Crippen molar-refractivity contribution < 1.29 is 4.79 Å². The van der Waals surface area contributed by atoms with E-state index in [9.17, 15) is 4.79 Å². The minimum absolute atomic E-state index is 0.122. The molecule has 0 saturated heterocycles. The lowest BCUT2D eigenvalue weighted by atomic mass is 10.0. The summed E-state index contributed by atoms with van der Waals surface area (Å²) in [7, 11) is 0. The standard InChI is InChI=1S/C17H25NO/c1-5-12(2)16(19)18-11-14-15(17(14,3)4)13-9-7-6-8-10-13/h6-10,12,14-15H,5,11H2,1-4H3,(H,18,19)/t12-,14-,15-/m0/s1. The maximum atomic E-state index is 11.8. The van der Waals surface area contributed by atoms with Crippen LogP contribution in [0.2, 0.25) is 0 Å². The molecule has 1 aromatic carbocycles. The summed E-state index contributed by atoms with van der Waals surface area (Å²) in [4.78, 5) is 11.8. The summed E-state index contributed by atoms with van der Waals surface area (Å²) < 4.78 is 0. The maximum absolute atomic E-state index is 11.8. The van der Waals surface area contributed by atoms with Gasteiger partial charge < -0.3 is 5.32 Å². The predicted molar refractivity (Wildman–Crippen MR) is 78.9 cm³/mol. The highest BCUT2D eigenvalue weighted by atomic mass is 16.1. The van der Waals surface area contributed by atoms with Crippen molar-refractivity contribution in [1.82, 2.24) is 5.32 Å². The summed E-state index contributed by atoms with van der Waals surface area (Å²) in [5.74, 6) is 1.45. The summed E-state index contributed by atoms with van der Waals surface area (Å²) in [6.07, 6.45) is 0.905. The van der Waals surface area contributed by atoms with Gasteiger partial charge in [-0.25, -0.2) is 0 Å². The van der Waals surface area contributed by atoms with Gasteiger partial charge in [-0.1, -0.05) is 58.0 Å². The van der Waals surface area contributed by atoms with Crippen LogP contribution in [0, 0.1) is 17.3 Å². The minimum atomic E-state index is 0.122. The van der Waals surface area contributed by atoms with Crippen LogP contribution in [-0.4, -0.2) is 12.5 Å². The summed E-state index contributed by atoms with van der Waals surface area (Å²) in [6, 6.07) is 10.6. The number of rotatable bonds is 5. The van der Waals surface area contributed by atoms with Crippen molar-refractivity contribution in [3.05, 3.63) is 35.9 Å². The van der Waals surface area contributed by atoms with Crippen LogP contribution in [0.5, 0.6) is 0 Å². The monoisotopic (exact) mass is 259 g/mol. The van der Waals surface area contributed by atoms with Crippen molar-refractivity contribution in [2.24, 2.45) is 17.3 Å². The molecule has 0 aromatic heterocycles. The van der Waals surface area contributed by atoms with Crippen LogP contribution in [0.1, 0.15) is 45.6 Å². The Morgan fingerprint density at radius 3 is 2.53 bits per heavy atom. The van der Waals surface area contributed by atoms with Gasteiger partial charge in [0.05, 0.1) is 0 Å². The van der Waals surface area contributed by atoms with Crippen LogP contribution >= 0.6 is 0 Å². The topological polar surface area (TPSA) is 29.1 Å². The molecule has 0 unspecified atom stereocenters. The van der Waals surface area contributed by atoms with E-state index in [0.29, 0.717) is 17.3 Å². The van der Waals surface area contributed by atoms with E-state index in [0.717, 1.165) is 13.0 Å². The molecule has 2 heteroatoms. The number of nitrogens with one attached hydrogen (secondary N) is 1. The molecule has 2 rings (SSSR count). The third-order valence-electron chi connectivity index (χ3n) is 4.77. The fraction of sp³-hybridized carbons (Fsp3) is 0.588. The molecular weight excluding hydrogens is 234 g/mol. The summed E-state index contributed by atoms with van der Waals surface area (Å²) in [5.41, 5.74) is 1.69. The molecule has 0 heterocycles. The van der Waals surface area contributed by atoms with Gasteiger partial charge in [0.25, 0.3) is 0 Å². The zero-order valence-electron chi connectivity index (χ0n) is 12.4. The van der Waals surface area contributed by atoms with Gasteiger partial charge in [-0.05, 0) is 29.2 Å². The van der Waals surface area contributed by atoms with Gasteiger partial charge in [0, 0.05) is 12.5 Å². The molecule has 1 fully saturated rings. The molecule has 2 nitrogen and oxygen atoms in total. The van der Waals surface area contributed by atoms with Gasteiger partial charge in [-0.15, -0.1) is 0 Å². The van der Waals surface area contributed by atoms with Crippen LogP contribution in [0.15, 0.2) is 30.3 Å². The smallest absolute Gasteiger partial charge is 0.222 e. The Labute approximate surface area is 116 Å². The van der Waals surface area contributed by atoms with E-state index < -0.39 is 0 Å². The molecule has 1 amide bonds. The van der Waals surface area contributed by atoms with E-state index in [-0.39, 0.29) is 11.8 Å². The molecular formula is C17H25NO. The average Bonchev–Trinajstić information content (AvgIpc) is 2.97. The number of carbonyl (C=O) groups excluding carboxylic acids is 1. The lowest BCUT2D eigenvalue weighted by Crippen LogP contribution is -2.31. The Kier molecular flexibility index (Phi) is 3.98. The Morgan fingerprint density at radius 2 is 1.95 bits per heavy atom. The first kappa shape index (κ1) is 14.1. The number of hydrogen-bond donors (Lipinski definition) is 1. The zero-order valence-corrected chi connectivity index (χ0v) is 12.4. The van der Waals surface area contributed by atoms with E-state index in [1.54, 1.807) is 0 Å². The largest absolute Gasteiger partial charge is 0.356 e. The van der Waals surface area contributed by atoms with Gasteiger partial charge in [0.15, 0.2) is 0 Å². The normalized spacial score (nSPS) is 25.7. The highest BCUT2D eigenvalue weighted by molar-refractivity contribution is 5.78. The van der Waals surface area contributed by atoms with Gasteiger partial charge in [-0.3, -0.25) is 4.79 Å². The van der Waals surface area contributed by atoms with Crippen molar-refractivity contribution in [3.63, 3.8) is 0 Å². The van der Waals surface area contributed by atoms with Gasteiger partial charge in [0.1, 0.15) is 0 Å². The van der Waals surface area contributed by atoms with Crippen LogP contribution in [-0.2, 0) is 4.79 Å². The Balaban J connectivity index is 1.94. The molecule has 1 N–H and O–H groups in total. The Hall–Kier alpha value is -1.31. The Morgan fingerprint density at radius 1 is 1.32 bits per heavy atom. The van der Waals surface area contributed by atoms with Crippen molar-refractivity contribution in [1.29, 1.82) is 0 Å². The fourth-order valence-corrected chi connectivity index (χ4v) is 3.02. The maximum Gasteiger partial charge on any atom is 0.222 e. The summed E-state index contributed by atoms with van der Waals surface area (Å²) >= 11 is 0. The van der Waals surface area contributed by atoms with E-state index in [1.807, 2.05) is 6.92 Å². The van der Waals surface area contributed by atoms with Gasteiger partial charge in [-0.2, -0.15) is 0 Å². The molecule has 19 heavy (non-hydrogen) atoms. The molecule has 0 spiro atoms. The number of hydrogen-bond acceptors (Lipinski definition) is 1. The predicted octanol–water partition coefficient (Wildman–Crippen LogP) is 3.59. The SMILES string of the molecule is CC[C@H](C)C(=O)NC[C@H]1[C@H](c2ccccc2)C1(C)C. The van der Waals surface area contributed by atoms with Crippen molar-refractivity contribution in [3.8, 4) is 0 Å². The van der Waals surface area contributed by atoms with Crippen molar-refractivity contribution >= 4 is 5.91 Å². The second-order valence-electron chi connectivity index (χ2n) is 6.37. The number of benzene rings is 1. The molecule has 0 bridgehead atoms. The van der Waals surface area contributed by atoms with Gasteiger partial charge in [0.2, 0.25) is 5.91 Å². The van der Waals surface area contributed by atoms with Crippen LogP contribution < -0.4 is 5.32 Å². The van der Waals surface area contributed by atoms with E-state index in [1.165, 1.54) is 5.56 Å². The highest BCUT2D eigenvalue weighted by Crippen LogP contribution is 2.63. The first-order chi connectivity index (χ1) is 8.98. The molecule has 1 aromatic rings. The molecule has 0 radical (unpaired) electrons. The quantitative estimate of drug-likeness (QED) is 0.860. The van der Waals surface area contributed by atoms with Crippen LogP contribution in [0.4, 0.5) is 0 Å². The van der Waals surface area contributed by atoms with E-state index in [2.05, 4.69) is 56.4 Å². The van der Waals surface area contributed by atoms with E-state index >= 15 is 0 Å². The molecule has 0 aliphatic heterocycles. The Bertz CT molecular complexity index is 438. The van der Waals surface area contributed by atoms with E-state index in [4.69, 9.17) is 0 Å². The average molecular weight is 259 g/mol. The molecule has 1 aliphatic carbocycles. The number of amides is 1. The molecule has 104 valence electrons. The van der Waals surface area contributed by atoms with Gasteiger partial charge >= 0.3 is 0 Å². The molecule has 3 atom stereocenters. The van der Waals surface area contributed by atoms with Crippen molar-refractivity contribution in [2.75, 3.05) is 6.54 Å². The van der Waals surface area contributed by atoms with Crippen LogP contribution in [0.25, 0.3) is 0 Å². The summed E-state index contributed by atoms with van der Waals surface area (Å²) in [5, 5.41) is 3.11. The first-order valence-electron chi connectivity index (χ1n) is 7.31. The number of carbonyl (C=O) groups is 1. The first-order valence-corrected chi connectivity index (χ1v) is 7.31. The second-order valence-corrected chi connectivity index (χ2v) is 6.37. The van der Waals surface area contributed by atoms with Crippen LogP contribution in [0.3, 0.4) is 0 Å².